The molecule has 3 aromatic heterocycles. The Morgan fingerprint density at radius 2 is 1.88 bits per heavy atom. The highest BCUT2D eigenvalue weighted by atomic mass is 32.2. The lowest BCUT2D eigenvalue weighted by molar-refractivity contribution is -0.0500. The van der Waals surface area contributed by atoms with Crippen molar-refractivity contribution in [2.75, 3.05) is 38.1 Å². The van der Waals surface area contributed by atoms with E-state index in [1.807, 2.05) is 13.1 Å². The minimum atomic E-state index is -5.88. The quantitative estimate of drug-likeness (QED) is 0.426. The number of hydrogen-bond donors (Lipinski definition) is 0. The zero-order valence-corrected chi connectivity index (χ0v) is 17.6. The number of pyridine rings is 2. The van der Waals surface area contributed by atoms with Crippen molar-refractivity contribution in [3.63, 3.8) is 0 Å². The fourth-order valence-corrected chi connectivity index (χ4v) is 3.83. The summed E-state index contributed by atoms with van der Waals surface area (Å²) < 4.78 is 66.6. The van der Waals surface area contributed by atoms with E-state index >= 15 is 0 Å². The van der Waals surface area contributed by atoms with Crippen molar-refractivity contribution in [2.45, 2.75) is 5.51 Å². The molecule has 4 rings (SSSR count). The number of aromatic nitrogens is 3. The van der Waals surface area contributed by atoms with Crippen LogP contribution in [0.5, 0.6) is 5.75 Å². The molecule has 3 aromatic rings. The topological polar surface area (TPSA) is 104 Å². The largest absolute Gasteiger partial charge is 0.534 e. The first-order chi connectivity index (χ1) is 15.1. The van der Waals surface area contributed by atoms with Gasteiger partial charge in [0.2, 0.25) is 0 Å². The zero-order chi connectivity index (χ0) is 23.1. The molecule has 1 aliphatic rings. The average Bonchev–Trinajstić information content (AvgIpc) is 3.16. The third-order valence-electron chi connectivity index (χ3n) is 5.08. The maximum Gasteiger partial charge on any atom is 0.534 e. The van der Waals surface area contributed by atoms with Crippen molar-refractivity contribution in [3.8, 4) is 22.9 Å². The molecule has 0 aliphatic carbocycles. The van der Waals surface area contributed by atoms with Gasteiger partial charge in [-0.25, -0.2) is 9.50 Å². The standard InChI is InChI=1S/C19H17F3N6O3S/c1-26-4-6-27(7-5-26)17-3-2-13(10-24-17)16-8-15(31-32(29,30)19(20,21)22)12-28-18(16)14(9-23)11-25-28/h2-3,8,10-12H,4-7H2,1H3. The molecule has 32 heavy (non-hydrogen) atoms. The maximum absolute atomic E-state index is 12.8. The van der Waals surface area contributed by atoms with Crippen LogP contribution in [0.4, 0.5) is 19.0 Å². The fraction of sp³-hybridized carbons (Fsp3) is 0.316. The third-order valence-corrected chi connectivity index (χ3v) is 6.06. The van der Waals surface area contributed by atoms with Crippen LogP contribution in [0.2, 0.25) is 0 Å². The molecule has 0 bridgehead atoms. The van der Waals surface area contributed by atoms with Gasteiger partial charge in [-0.05, 0) is 25.2 Å². The van der Waals surface area contributed by atoms with Crippen LogP contribution in [0.25, 0.3) is 16.6 Å². The molecular formula is C19H17F3N6O3S. The molecule has 0 N–H and O–H groups in total. The van der Waals surface area contributed by atoms with Gasteiger partial charge in [0.1, 0.15) is 11.9 Å². The molecule has 1 fully saturated rings. The van der Waals surface area contributed by atoms with Crippen LogP contribution in [0.3, 0.4) is 0 Å². The smallest absolute Gasteiger partial charge is 0.374 e. The van der Waals surface area contributed by atoms with Crippen molar-refractivity contribution in [3.05, 3.63) is 42.4 Å². The number of anilines is 1. The first-order valence-corrected chi connectivity index (χ1v) is 10.8. The molecule has 0 atom stereocenters. The van der Waals surface area contributed by atoms with Crippen molar-refractivity contribution >= 4 is 21.5 Å². The lowest BCUT2D eigenvalue weighted by Gasteiger charge is -2.33. The molecular weight excluding hydrogens is 449 g/mol. The molecule has 13 heteroatoms. The van der Waals surface area contributed by atoms with Gasteiger partial charge in [-0.3, -0.25) is 0 Å². The Labute approximate surface area is 181 Å². The highest BCUT2D eigenvalue weighted by molar-refractivity contribution is 7.88. The van der Waals surface area contributed by atoms with E-state index in [2.05, 4.69) is 24.1 Å². The molecule has 4 heterocycles. The molecule has 1 aliphatic heterocycles. The second-order valence-corrected chi connectivity index (χ2v) is 8.77. The SMILES string of the molecule is CN1CCN(c2ccc(-c3cc(OS(=O)(=O)C(F)(F)F)cn4ncc(C#N)c34)cn2)CC1. The van der Waals surface area contributed by atoms with Crippen LogP contribution in [0.15, 0.2) is 36.8 Å². The second-order valence-electron chi connectivity index (χ2n) is 7.23. The number of likely N-dealkylation sites (N-methyl/N-ethyl adjacent to an activating group) is 1. The number of alkyl halides is 3. The zero-order valence-electron chi connectivity index (χ0n) is 16.7. The summed E-state index contributed by atoms with van der Waals surface area (Å²) in [6.07, 6.45) is 3.71. The summed E-state index contributed by atoms with van der Waals surface area (Å²) in [5, 5.41) is 13.3. The summed E-state index contributed by atoms with van der Waals surface area (Å²) in [6.45, 7) is 3.37. The van der Waals surface area contributed by atoms with Crippen LogP contribution in [0.1, 0.15) is 5.56 Å². The summed E-state index contributed by atoms with van der Waals surface area (Å²) in [5.41, 5.74) is -4.42. The molecule has 0 aromatic carbocycles. The highest BCUT2D eigenvalue weighted by Gasteiger charge is 2.48. The Hall–Kier alpha value is -3.37. The first kappa shape index (κ1) is 21.8. The van der Waals surface area contributed by atoms with Crippen molar-refractivity contribution < 1.29 is 25.8 Å². The van der Waals surface area contributed by atoms with E-state index in [0.29, 0.717) is 11.1 Å². The van der Waals surface area contributed by atoms with Gasteiger partial charge in [0.25, 0.3) is 0 Å². The average molecular weight is 466 g/mol. The highest BCUT2D eigenvalue weighted by Crippen LogP contribution is 2.33. The van der Waals surface area contributed by atoms with Gasteiger partial charge in [-0.15, -0.1) is 0 Å². The number of rotatable bonds is 4. The van der Waals surface area contributed by atoms with Gasteiger partial charge in [0.05, 0.1) is 23.5 Å². The minimum Gasteiger partial charge on any atom is -0.374 e. The van der Waals surface area contributed by atoms with E-state index in [1.165, 1.54) is 12.4 Å². The Kier molecular flexibility index (Phi) is 5.43. The van der Waals surface area contributed by atoms with Crippen molar-refractivity contribution in [1.82, 2.24) is 19.5 Å². The number of fused-ring (bicyclic) bond motifs is 1. The van der Waals surface area contributed by atoms with Gasteiger partial charge >= 0.3 is 15.6 Å². The molecule has 168 valence electrons. The predicted octanol–water partition coefficient (Wildman–Crippen LogP) is 2.25. The summed E-state index contributed by atoms with van der Waals surface area (Å²) in [5.74, 6) is 0.138. The molecule has 1 saturated heterocycles. The minimum absolute atomic E-state index is 0.161. The van der Waals surface area contributed by atoms with Gasteiger partial charge in [-0.1, -0.05) is 0 Å². The Balaban J connectivity index is 1.75. The maximum atomic E-state index is 12.8. The van der Waals surface area contributed by atoms with Gasteiger partial charge in [0.15, 0.2) is 5.75 Å². The molecule has 0 spiro atoms. The number of piperazine rings is 1. The molecule has 0 saturated carbocycles. The monoisotopic (exact) mass is 466 g/mol. The second kappa shape index (κ2) is 7.95. The van der Waals surface area contributed by atoms with Gasteiger partial charge in [-0.2, -0.15) is 31.9 Å². The Bertz CT molecular complexity index is 1290. The molecule has 0 radical (unpaired) electrons. The van der Waals surface area contributed by atoms with E-state index in [4.69, 9.17) is 0 Å². The number of nitriles is 1. The van der Waals surface area contributed by atoms with E-state index in [-0.39, 0.29) is 11.1 Å². The van der Waals surface area contributed by atoms with E-state index in [0.717, 1.165) is 48.8 Å². The lowest BCUT2D eigenvalue weighted by Crippen LogP contribution is -2.44. The van der Waals surface area contributed by atoms with Crippen LogP contribution in [-0.4, -0.2) is 66.7 Å². The lowest BCUT2D eigenvalue weighted by atomic mass is 10.1. The van der Waals surface area contributed by atoms with Gasteiger partial charge in [0, 0.05) is 43.5 Å². The predicted molar refractivity (Wildman–Crippen MR) is 108 cm³/mol. The summed E-state index contributed by atoms with van der Waals surface area (Å²) in [6, 6.07) is 6.55. The molecule has 0 unspecified atom stereocenters. The van der Waals surface area contributed by atoms with Crippen LogP contribution in [0, 0.1) is 11.3 Å². The van der Waals surface area contributed by atoms with Crippen LogP contribution >= 0.6 is 0 Å². The van der Waals surface area contributed by atoms with Gasteiger partial charge < -0.3 is 14.0 Å². The van der Waals surface area contributed by atoms with Crippen LogP contribution in [-0.2, 0) is 10.1 Å². The number of halogens is 3. The Morgan fingerprint density at radius 3 is 2.47 bits per heavy atom. The van der Waals surface area contributed by atoms with Crippen LogP contribution < -0.4 is 9.08 Å². The molecule has 9 nitrogen and oxygen atoms in total. The molecule has 0 amide bonds. The number of nitrogens with zero attached hydrogens (tertiary/aromatic N) is 6. The summed E-state index contributed by atoms with van der Waals surface area (Å²) in [4.78, 5) is 8.75. The van der Waals surface area contributed by atoms with E-state index in [9.17, 15) is 26.9 Å². The van der Waals surface area contributed by atoms with Crippen molar-refractivity contribution in [2.24, 2.45) is 0 Å². The third kappa shape index (κ3) is 4.06. The summed E-state index contributed by atoms with van der Waals surface area (Å²) in [7, 11) is -3.84. The summed E-state index contributed by atoms with van der Waals surface area (Å²) >= 11 is 0. The normalized spacial score (nSPS) is 15.7. The van der Waals surface area contributed by atoms with Crippen molar-refractivity contribution in [1.29, 1.82) is 5.26 Å². The van der Waals surface area contributed by atoms with E-state index < -0.39 is 21.4 Å². The number of hydrogen-bond acceptors (Lipinski definition) is 8. The fourth-order valence-electron chi connectivity index (χ4n) is 3.39. The van der Waals surface area contributed by atoms with E-state index in [1.54, 1.807) is 12.1 Å². The first-order valence-electron chi connectivity index (χ1n) is 9.41. The Morgan fingerprint density at radius 1 is 1.16 bits per heavy atom.